The Hall–Kier alpha value is -2.21. The first kappa shape index (κ1) is 24.4. The van der Waals surface area contributed by atoms with Crippen molar-refractivity contribution in [2.45, 2.75) is 75.4 Å². The summed E-state index contributed by atoms with van der Waals surface area (Å²) in [4.78, 5) is 39.5. The molecule has 0 bridgehead atoms. The monoisotopic (exact) mass is 473 g/mol. The van der Waals surface area contributed by atoms with Crippen LogP contribution < -0.4 is 0 Å². The summed E-state index contributed by atoms with van der Waals surface area (Å²) >= 11 is 0. The molecule has 1 spiro atoms. The molecule has 1 saturated carbocycles. The van der Waals surface area contributed by atoms with Gasteiger partial charge in [0.1, 0.15) is 18.3 Å². The first-order valence-electron chi connectivity index (χ1n) is 10.1. The number of ether oxygens (including phenoxy) is 1. The number of rotatable bonds is 2. The lowest BCUT2D eigenvalue weighted by atomic mass is 10.0. The summed E-state index contributed by atoms with van der Waals surface area (Å²) in [6.07, 6.45) is -7.00. The molecule has 0 N–H and O–H groups in total. The van der Waals surface area contributed by atoms with Crippen LogP contribution in [0.15, 0.2) is 0 Å². The first-order valence-corrected chi connectivity index (χ1v) is 10.1. The fraction of sp³-hybridized carbons (Fsp3) is 0.842. The van der Waals surface area contributed by atoms with Gasteiger partial charge in [-0.2, -0.15) is 13.2 Å². The average Bonchev–Trinajstić information content (AvgIpc) is 3.32. The van der Waals surface area contributed by atoms with Gasteiger partial charge in [-0.1, -0.05) is 0 Å². The summed E-state index contributed by atoms with van der Waals surface area (Å²) in [7, 11) is 0. The van der Waals surface area contributed by atoms with Crippen LogP contribution in [0.25, 0.3) is 0 Å². The number of halogens is 6. The molecule has 3 fully saturated rings. The van der Waals surface area contributed by atoms with Crippen molar-refractivity contribution in [1.82, 2.24) is 14.7 Å². The van der Waals surface area contributed by atoms with Crippen LogP contribution in [0.3, 0.4) is 0 Å². The normalized spacial score (nSPS) is 27.0. The minimum atomic E-state index is -5.16. The molecule has 0 aromatic carbocycles. The van der Waals surface area contributed by atoms with E-state index in [2.05, 4.69) is 0 Å². The molecule has 3 amide bonds. The lowest BCUT2D eigenvalue weighted by Crippen LogP contribution is -2.66. The zero-order valence-electron chi connectivity index (χ0n) is 17.8. The van der Waals surface area contributed by atoms with Gasteiger partial charge in [-0.25, -0.2) is 18.0 Å². The average molecular weight is 473 g/mol. The van der Waals surface area contributed by atoms with Crippen molar-refractivity contribution in [3.05, 3.63) is 0 Å². The van der Waals surface area contributed by atoms with Crippen molar-refractivity contribution < 1.29 is 45.5 Å². The highest BCUT2D eigenvalue weighted by Crippen LogP contribution is 2.47. The molecule has 13 heteroatoms. The highest BCUT2D eigenvalue weighted by atomic mass is 19.4. The maximum Gasteiger partial charge on any atom is 0.471 e. The SMILES string of the molecule is CC(C)(C)OC(=O)N1CC(F)(F)C[C@H]1C(=O)N1CC2(CC2)N(C(=O)C(F)(F)F)C[C@@H]1CF. The molecule has 1 aliphatic carbocycles. The zero-order valence-corrected chi connectivity index (χ0v) is 17.8. The number of hydrogen-bond donors (Lipinski definition) is 0. The molecule has 0 unspecified atom stereocenters. The van der Waals surface area contributed by atoms with E-state index in [9.17, 15) is 40.7 Å². The van der Waals surface area contributed by atoms with Gasteiger partial charge in [0.25, 0.3) is 5.92 Å². The third kappa shape index (κ3) is 4.75. The molecule has 0 aromatic rings. The second kappa shape index (κ2) is 7.68. The van der Waals surface area contributed by atoms with E-state index < -0.39 is 86.0 Å². The smallest absolute Gasteiger partial charge is 0.444 e. The number of nitrogens with zero attached hydrogens (tertiary/aromatic N) is 3. The van der Waals surface area contributed by atoms with E-state index in [1.54, 1.807) is 0 Å². The topological polar surface area (TPSA) is 70.2 Å². The number of piperazine rings is 1. The molecule has 32 heavy (non-hydrogen) atoms. The molecule has 2 heterocycles. The number of alkyl halides is 6. The van der Waals surface area contributed by atoms with Gasteiger partial charge in [-0.3, -0.25) is 14.5 Å². The summed E-state index contributed by atoms with van der Waals surface area (Å²) < 4.78 is 86.1. The van der Waals surface area contributed by atoms with Gasteiger partial charge in [0.05, 0.1) is 18.1 Å². The minimum Gasteiger partial charge on any atom is -0.444 e. The van der Waals surface area contributed by atoms with E-state index in [0.29, 0.717) is 9.80 Å². The van der Waals surface area contributed by atoms with Gasteiger partial charge >= 0.3 is 18.2 Å². The van der Waals surface area contributed by atoms with Crippen molar-refractivity contribution in [2.24, 2.45) is 0 Å². The molecule has 2 aliphatic heterocycles. The number of amides is 3. The Balaban J connectivity index is 1.84. The van der Waals surface area contributed by atoms with Gasteiger partial charge in [0, 0.05) is 19.5 Å². The number of carbonyl (C=O) groups excluding carboxylic acids is 3. The van der Waals surface area contributed by atoms with Crippen LogP contribution in [0.2, 0.25) is 0 Å². The van der Waals surface area contributed by atoms with Crippen molar-refractivity contribution >= 4 is 17.9 Å². The van der Waals surface area contributed by atoms with Crippen molar-refractivity contribution in [3.8, 4) is 0 Å². The molecule has 2 atom stereocenters. The van der Waals surface area contributed by atoms with Crippen molar-refractivity contribution in [3.63, 3.8) is 0 Å². The van der Waals surface area contributed by atoms with Crippen LogP contribution in [-0.4, -0.2) is 94.2 Å². The molecule has 7 nitrogen and oxygen atoms in total. The van der Waals surface area contributed by atoms with Crippen LogP contribution in [0, 0.1) is 0 Å². The molecule has 0 radical (unpaired) electrons. The summed E-state index contributed by atoms with van der Waals surface area (Å²) in [6.45, 7) is 1.06. The van der Waals surface area contributed by atoms with Crippen LogP contribution in [0.5, 0.6) is 0 Å². The van der Waals surface area contributed by atoms with Crippen LogP contribution in [0.4, 0.5) is 31.1 Å². The van der Waals surface area contributed by atoms with E-state index in [1.807, 2.05) is 0 Å². The Bertz CT molecular complexity index is 793. The molecular weight excluding hydrogens is 448 g/mol. The molecule has 182 valence electrons. The van der Waals surface area contributed by atoms with Gasteiger partial charge in [0.2, 0.25) is 5.91 Å². The van der Waals surface area contributed by atoms with E-state index in [0.717, 1.165) is 4.90 Å². The van der Waals surface area contributed by atoms with Crippen LogP contribution in [0.1, 0.15) is 40.0 Å². The Morgan fingerprint density at radius 2 is 1.62 bits per heavy atom. The summed E-state index contributed by atoms with van der Waals surface area (Å²) in [5.41, 5.74) is -2.34. The highest BCUT2D eigenvalue weighted by molar-refractivity contribution is 5.88. The maximum atomic E-state index is 14.1. The Kier molecular flexibility index (Phi) is 5.87. The summed E-state index contributed by atoms with van der Waals surface area (Å²) in [5.74, 6) is -6.52. The molecular formula is C19H25F6N3O4. The van der Waals surface area contributed by atoms with E-state index >= 15 is 0 Å². The van der Waals surface area contributed by atoms with E-state index in [-0.39, 0.29) is 12.8 Å². The quantitative estimate of drug-likeness (QED) is 0.579. The lowest BCUT2D eigenvalue weighted by Gasteiger charge is -2.47. The van der Waals surface area contributed by atoms with Gasteiger partial charge in [-0.05, 0) is 33.6 Å². The maximum absolute atomic E-state index is 14.1. The summed E-state index contributed by atoms with van der Waals surface area (Å²) in [5, 5.41) is 0. The fourth-order valence-corrected chi connectivity index (χ4v) is 4.19. The standard InChI is InChI=1S/C19H25F6N3O4/c1-16(2,3)32-15(31)27-10-18(21,22)6-12(27)13(29)26-9-17(4-5-17)28(8-11(26)7-20)14(30)19(23,24)25/h11-12H,4-10H2,1-3H3/t11-,12-/m0/s1. The van der Waals surface area contributed by atoms with Crippen LogP contribution >= 0.6 is 0 Å². The molecule has 0 aromatic heterocycles. The molecule has 3 aliphatic rings. The number of likely N-dealkylation sites (tertiary alicyclic amines) is 1. The zero-order chi connectivity index (χ0) is 24.3. The Morgan fingerprint density at radius 3 is 2.09 bits per heavy atom. The summed E-state index contributed by atoms with van der Waals surface area (Å²) in [6, 6.07) is -3.11. The van der Waals surface area contributed by atoms with Crippen molar-refractivity contribution in [2.75, 3.05) is 26.3 Å². The number of hydrogen-bond acceptors (Lipinski definition) is 4. The fourth-order valence-electron chi connectivity index (χ4n) is 4.19. The molecule has 3 rings (SSSR count). The lowest BCUT2D eigenvalue weighted by molar-refractivity contribution is -0.193. The van der Waals surface area contributed by atoms with Gasteiger partial charge < -0.3 is 14.5 Å². The second-order valence-electron chi connectivity index (χ2n) is 9.60. The van der Waals surface area contributed by atoms with Gasteiger partial charge in [-0.15, -0.1) is 0 Å². The second-order valence-corrected chi connectivity index (χ2v) is 9.60. The third-order valence-electron chi connectivity index (χ3n) is 5.83. The Morgan fingerprint density at radius 1 is 1.03 bits per heavy atom. The highest BCUT2D eigenvalue weighted by Gasteiger charge is 2.62. The van der Waals surface area contributed by atoms with Gasteiger partial charge in [0.15, 0.2) is 0 Å². The Labute approximate surface area is 180 Å². The van der Waals surface area contributed by atoms with E-state index in [4.69, 9.17) is 4.74 Å². The largest absolute Gasteiger partial charge is 0.471 e. The first-order chi connectivity index (χ1) is 14.5. The van der Waals surface area contributed by atoms with E-state index in [1.165, 1.54) is 20.8 Å². The predicted molar refractivity (Wildman–Crippen MR) is 97.5 cm³/mol. The number of carbonyl (C=O) groups is 3. The third-order valence-corrected chi connectivity index (χ3v) is 5.83. The molecule has 2 saturated heterocycles. The minimum absolute atomic E-state index is 0.161. The van der Waals surface area contributed by atoms with Crippen molar-refractivity contribution in [1.29, 1.82) is 0 Å². The van der Waals surface area contributed by atoms with Crippen LogP contribution in [-0.2, 0) is 14.3 Å². The predicted octanol–water partition coefficient (Wildman–Crippen LogP) is 2.73.